The van der Waals surface area contributed by atoms with Crippen LogP contribution in [0.25, 0.3) is 0 Å². The molecule has 1 aliphatic rings. The molecule has 0 aromatic heterocycles. The Morgan fingerprint density at radius 1 is 1.11 bits per heavy atom. The highest BCUT2D eigenvalue weighted by Gasteiger charge is 2.46. The first kappa shape index (κ1) is 15.8. The van der Waals surface area contributed by atoms with Crippen LogP contribution in [0.4, 0.5) is 13.2 Å². The summed E-state index contributed by atoms with van der Waals surface area (Å²) in [5, 5.41) is 0. The molecule has 0 bridgehead atoms. The van der Waals surface area contributed by atoms with Gasteiger partial charge in [0.05, 0.1) is 5.75 Å². The Balaban J connectivity index is 2.56. The fourth-order valence-corrected chi connectivity index (χ4v) is 3.32. The van der Waals surface area contributed by atoms with Crippen molar-refractivity contribution in [3.8, 4) is 0 Å². The zero-order chi connectivity index (χ0) is 14.2. The van der Waals surface area contributed by atoms with Crippen LogP contribution in [0.2, 0.25) is 0 Å². The second-order valence-corrected chi connectivity index (χ2v) is 7.85. The van der Waals surface area contributed by atoms with Crippen molar-refractivity contribution in [1.82, 2.24) is 4.90 Å². The summed E-state index contributed by atoms with van der Waals surface area (Å²) in [5.74, 6) is -1.15. The summed E-state index contributed by atoms with van der Waals surface area (Å²) in [6, 6.07) is 0. The molecule has 0 atom stereocenters. The van der Waals surface area contributed by atoms with Gasteiger partial charge in [-0.3, -0.25) is 4.90 Å². The molecule has 1 aliphatic heterocycles. The molecule has 108 valence electrons. The first-order chi connectivity index (χ1) is 7.93. The standard InChI is InChI=1S/C11H20F3NO2S/c1-10(2,3)15-6-4-9(5-7-15)8-18(16,17)11(12,13)14/h9H,4-8H2,1-3H3. The van der Waals surface area contributed by atoms with E-state index in [1.54, 1.807) is 0 Å². The highest BCUT2D eigenvalue weighted by atomic mass is 32.2. The molecule has 1 heterocycles. The number of nitrogens with zero attached hydrogens (tertiary/aromatic N) is 1. The van der Waals surface area contributed by atoms with Crippen LogP contribution in [-0.4, -0.2) is 43.2 Å². The maximum atomic E-state index is 12.3. The van der Waals surface area contributed by atoms with Crippen LogP contribution in [0.15, 0.2) is 0 Å². The fraction of sp³-hybridized carbons (Fsp3) is 1.00. The normalized spacial score (nSPS) is 21.2. The Bertz CT molecular complexity index is 376. The highest BCUT2D eigenvalue weighted by molar-refractivity contribution is 7.92. The molecule has 3 nitrogen and oxygen atoms in total. The first-order valence-electron chi connectivity index (χ1n) is 5.97. The molecule has 0 radical (unpaired) electrons. The fourth-order valence-electron chi connectivity index (χ4n) is 2.18. The van der Waals surface area contributed by atoms with Gasteiger partial charge in [-0.05, 0) is 52.6 Å². The van der Waals surface area contributed by atoms with Gasteiger partial charge in [0.15, 0.2) is 0 Å². The maximum Gasteiger partial charge on any atom is 0.497 e. The van der Waals surface area contributed by atoms with Crippen LogP contribution >= 0.6 is 0 Å². The van der Waals surface area contributed by atoms with Crippen molar-refractivity contribution in [2.24, 2.45) is 5.92 Å². The molecule has 7 heteroatoms. The van der Waals surface area contributed by atoms with Crippen LogP contribution in [0.1, 0.15) is 33.6 Å². The zero-order valence-electron chi connectivity index (χ0n) is 10.9. The van der Waals surface area contributed by atoms with Crippen molar-refractivity contribution in [3.63, 3.8) is 0 Å². The smallest absolute Gasteiger partial charge is 0.298 e. The van der Waals surface area contributed by atoms with E-state index >= 15 is 0 Å². The van der Waals surface area contributed by atoms with Crippen LogP contribution in [0.3, 0.4) is 0 Å². The Labute approximate surface area is 106 Å². The molecular weight excluding hydrogens is 267 g/mol. The Kier molecular flexibility index (Phi) is 4.37. The van der Waals surface area contributed by atoms with E-state index in [2.05, 4.69) is 4.90 Å². The van der Waals surface area contributed by atoms with E-state index in [0.717, 1.165) is 0 Å². The third-order valence-corrected chi connectivity index (χ3v) is 4.99. The molecule has 0 spiro atoms. The molecule has 0 unspecified atom stereocenters. The van der Waals surface area contributed by atoms with Crippen molar-refractivity contribution in [3.05, 3.63) is 0 Å². The Hall–Kier alpha value is -0.300. The Morgan fingerprint density at radius 3 is 1.89 bits per heavy atom. The van der Waals surface area contributed by atoms with Gasteiger partial charge >= 0.3 is 5.51 Å². The second-order valence-electron chi connectivity index (χ2n) is 5.83. The number of sulfone groups is 1. The van der Waals surface area contributed by atoms with Crippen LogP contribution in [0, 0.1) is 5.92 Å². The maximum absolute atomic E-state index is 12.3. The summed E-state index contributed by atoms with van der Waals surface area (Å²) >= 11 is 0. The molecule has 1 fully saturated rings. The molecule has 0 aromatic rings. The third-order valence-electron chi connectivity index (χ3n) is 3.37. The van der Waals surface area contributed by atoms with E-state index in [-0.39, 0.29) is 11.5 Å². The highest BCUT2D eigenvalue weighted by Crippen LogP contribution is 2.30. The molecular formula is C11H20F3NO2S. The van der Waals surface area contributed by atoms with Crippen LogP contribution in [0.5, 0.6) is 0 Å². The molecule has 0 N–H and O–H groups in total. The van der Waals surface area contributed by atoms with Gasteiger partial charge in [-0.1, -0.05) is 0 Å². The van der Waals surface area contributed by atoms with E-state index in [1.807, 2.05) is 20.8 Å². The summed E-state index contributed by atoms with van der Waals surface area (Å²) in [7, 11) is -4.97. The van der Waals surface area contributed by atoms with E-state index in [0.29, 0.717) is 25.9 Å². The number of rotatable bonds is 2. The molecule has 0 saturated carbocycles. The summed E-state index contributed by atoms with van der Waals surface area (Å²) in [6.07, 6.45) is 1.01. The topological polar surface area (TPSA) is 37.4 Å². The summed E-state index contributed by atoms with van der Waals surface area (Å²) in [5.41, 5.74) is -5.14. The average molecular weight is 287 g/mol. The number of alkyl halides is 3. The SMILES string of the molecule is CC(C)(C)N1CCC(CS(=O)(=O)C(F)(F)F)CC1. The van der Waals surface area contributed by atoms with Crippen molar-refractivity contribution >= 4 is 9.84 Å². The molecule has 1 saturated heterocycles. The summed E-state index contributed by atoms with van der Waals surface area (Å²) < 4.78 is 58.9. The van der Waals surface area contributed by atoms with Gasteiger partial charge in [0.25, 0.3) is 0 Å². The van der Waals surface area contributed by atoms with Crippen molar-refractivity contribution < 1.29 is 21.6 Å². The van der Waals surface area contributed by atoms with E-state index in [9.17, 15) is 21.6 Å². The van der Waals surface area contributed by atoms with E-state index < -0.39 is 21.1 Å². The van der Waals surface area contributed by atoms with E-state index in [1.165, 1.54) is 0 Å². The number of hydrogen-bond donors (Lipinski definition) is 0. The minimum Gasteiger partial charge on any atom is -0.298 e. The zero-order valence-corrected chi connectivity index (χ0v) is 11.7. The molecule has 18 heavy (non-hydrogen) atoms. The van der Waals surface area contributed by atoms with Crippen LogP contribution in [-0.2, 0) is 9.84 Å². The monoisotopic (exact) mass is 287 g/mol. The van der Waals surface area contributed by atoms with Gasteiger partial charge in [0, 0.05) is 5.54 Å². The second kappa shape index (κ2) is 5.00. The molecule has 0 aliphatic carbocycles. The minimum atomic E-state index is -5.12. The average Bonchev–Trinajstić information content (AvgIpc) is 2.14. The Morgan fingerprint density at radius 2 is 1.56 bits per heavy atom. The van der Waals surface area contributed by atoms with E-state index in [4.69, 9.17) is 0 Å². The summed E-state index contributed by atoms with van der Waals surface area (Å²) in [4.78, 5) is 2.17. The molecule has 1 rings (SSSR count). The van der Waals surface area contributed by atoms with Crippen LogP contribution < -0.4 is 0 Å². The minimum absolute atomic E-state index is 0.0200. The molecule has 0 amide bonds. The predicted octanol–water partition coefficient (Wildman–Crippen LogP) is 2.43. The van der Waals surface area contributed by atoms with Crippen molar-refractivity contribution in [2.75, 3.05) is 18.8 Å². The van der Waals surface area contributed by atoms with Crippen molar-refractivity contribution in [2.45, 2.75) is 44.7 Å². The van der Waals surface area contributed by atoms with Gasteiger partial charge in [-0.25, -0.2) is 8.42 Å². The van der Waals surface area contributed by atoms with Gasteiger partial charge in [0.2, 0.25) is 9.84 Å². The number of likely N-dealkylation sites (tertiary alicyclic amines) is 1. The number of halogens is 3. The lowest BCUT2D eigenvalue weighted by Crippen LogP contribution is -2.47. The lowest BCUT2D eigenvalue weighted by Gasteiger charge is -2.40. The largest absolute Gasteiger partial charge is 0.497 e. The van der Waals surface area contributed by atoms with Gasteiger partial charge < -0.3 is 0 Å². The number of hydrogen-bond acceptors (Lipinski definition) is 3. The molecule has 0 aromatic carbocycles. The summed E-state index contributed by atoms with van der Waals surface area (Å²) in [6.45, 7) is 7.43. The lowest BCUT2D eigenvalue weighted by atomic mass is 9.94. The lowest BCUT2D eigenvalue weighted by molar-refractivity contribution is -0.0441. The predicted molar refractivity (Wildman–Crippen MR) is 63.9 cm³/mol. The van der Waals surface area contributed by atoms with Crippen molar-refractivity contribution in [1.29, 1.82) is 0 Å². The van der Waals surface area contributed by atoms with Gasteiger partial charge in [-0.2, -0.15) is 13.2 Å². The quantitative estimate of drug-likeness (QED) is 0.783. The number of piperidine rings is 1. The first-order valence-corrected chi connectivity index (χ1v) is 7.63. The van der Waals surface area contributed by atoms with Gasteiger partial charge in [0.1, 0.15) is 0 Å². The third kappa shape index (κ3) is 3.85. The van der Waals surface area contributed by atoms with Gasteiger partial charge in [-0.15, -0.1) is 0 Å².